The summed E-state index contributed by atoms with van der Waals surface area (Å²) in [7, 11) is 2.00. The summed E-state index contributed by atoms with van der Waals surface area (Å²) in [4.78, 5) is 11.2. The molecule has 0 atom stereocenters. The van der Waals surface area contributed by atoms with Crippen LogP contribution in [-0.4, -0.2) is 49.4 Å². The Morgan fingerprint density at radius 1 is 1.23 bits per heavy atom. The molecule has 30 heavy (non-hydrogen) atoms. The highest BCUT2D eigenvalue weighted by atomic mass is 16.3. The second-order valence-corrected chi connectivity index (χ2v) is 6.74. The largest absolute Gasteiger partial charge is 0.461 e. The number of para-hydroxylation sites is 1. The third kappa shape index (κ3) is 4.57. The lowest BCUT2D eigenvalue weighted by Crippen LogP contribution is -2.38. The summed E-state index contributed by atoms with van der Waals surface area (Å²) in [5.41, 5.74) is 2.12. The summed E-state index contributed by atoms with van der Waals surface area (Å²) >= 11 is 0. The first-order chi connectivity index (χ1) is 14.7. The van der Waals surface area contributed by atoms with Crippen LogP contribution in [0.4, 0.5) is 0 Å². The third-order valence-electron chi connectivity index (χ3n) is 4.42. The van der Waals surface area contributed by atoms with Gasteiger partial charge in [0.2, 0.25) is 5.82 Å². The van der Waals surface area contributed by atoms with Crippen LogP contribution < -0.4 is 5.32 Å². The standard InChI is InChI=1S/C21H24N8O/c1-3-22-21(23-13-19-25-20(27-26-19)18-10-7-11-30-18)28(2)14-16-12-24-29(15-16)17-8-5-4-6-9-17/h4-12,15H,3,13-14H2,1-2H3,(H,22,23)(H,25,26,27). The average Bonchev–Trinajstić information content (AvgIpc) is 3.53. The number of hydrogen-bond donors (Lipinski definition) is 2. The fourth-order valence-corrected chi connectivity index (χ4v) is 3.01. The number of aromatic nitrogens is 5. The van der Waals surface area contributed by atoms with Gasteiger partial charge < -0.3 is 14.6 Å². The molecular weight excluding hydrogens is 380 g/mol. The van der Waals surface area contributed by atoms with Crippen molar-refractivity contribution in [2.45, 2.75) is 20.0 Å². The Balaban J connectivity index is 1.42. The highest BCUT2D eigenvalue weighted by Crippen LogP contribution is 2.14. The lowest BCUT2D eigenvalue weighted by Gasteiger charge is -2.21. The quantitative estimate of drug-likeness (QED) is 0.363. The van der Waals surface area contributed by atoms with E-state index in [9.17, 15) is 0 Å². The first-order valence-electron chi connectivity index (χ1n) is 9.76. The first kappa shape index (κ1) is 19.4. The van der Waals surface area contributed by atoms with Gasteiger partial charge in [-0.15, -0.1) is 5.10 Å². The maximum atomic E-state index is 5.33. The van der Waals surface area contributed by atoms with Gasteiger partial charge >= 0.3 is 0 Å². The highest BCUT2D eigenvalue weighted by Gasteiger charge is 2.11. The van der Waals surface area contributed by atoms with E-state index in [2.05, 4.69) is 35.5 Å². The summed E-state index contributed by atoms with van der Waals surface area (Å²) in [6, 6.07) is 13.7. The molecule has 3 aromatic heterocycles. The van der Waals surface area contributed by atoms with Crippen molar-refractivity contribution in [3.8, 4) is 17.3 Å². The van der Waals surface area contributed by atoms with Gasteiger partial charge in [0, 0.05) is 31.9 Å². The Morgan fingerprint density at radius 3 is 2.87 bits per heavy atom. The summed E-state index contributed by atoms with van der Waals surface area (Å²) in [6.45, 7) is 3.86. The van der Waals surface area contributed by atoms with Gasteiger partial charge in [-0.2, -0.15) is 5.10 Å². The molecular formula is C21H24N8O. The summed E-state index contributed by atoms with van der Waals surface area (Å²) < 4.78 is 7.20. The minimum atomic E-state index is 0.379. The molecule has 0 aliphatic rings. The molecule has 154 valence electrons. The molecule has 3 heterocycles. The SMILES string of the molecule is CCNC(=NCc1nc(-c2ccco2)n[nH]1)N(C)Cc1cnn(-c2ccccc2)c1. The van der Waals surface area contributed by atoms with Crippen molar-refractivity contribution in [2.75, 3.05) is 13.6 Å². The van der Waals surface area contributed by atoms with Gasteiger partial charge in [-0.05, 0) is 31.2 Å². The molecule has 0 saturated heterocycles. The number of nitrogens with one attached hydrogen (secondary N) is 2. The Kier molecular flexibility index (Phi) is 5.88. The van der Waals surface area contributed by atoms with Gasteiger partial charge in [0.15, 0.2) is 11.7 Å². The second-order valence-electron chi connectivity index (χ2n) is 6.74. The zero-order valence-corrected chi connectivity index (χ0v) is 17.0. The predicted octanol–water partition coefficient (Wildman–Crippen LogP) is 2.85. The van der Waals surface area contributed by atoms with Crippen LogP contribution in [0.15, 0.2) is 70.5 Å². The van der Waals surface area contributed by atoms with Crippen LogP contribution >= 0.6 is 0 Å². The predicted molar refractivity (Wildman–Crippen MR) is 114 cm³/mol. The van der Waals surface area contributed by atoms with Crippen molar-refractivity contribution in [1.82, 2.24) is 35.2 Å². The van der Waals surface area contributed by atoms with Crippen LogP contribution in [0.25, 0.3) is 17.3 Å². The van der Waals surface area contributed by atoms with Crippen LogP contribution in [0.5, 0.6) is 0 Å². The molecule has 2 N–H and O–H groups in total. The molecule has 4 aromatic rings. The number of H-pyrrole nitrogens is 1. The fourth-order valence-electron chi connectivity index (χ4n) is 3.01. The van der Waals surface area contributed by atoms with Crippen molar-refractivity contribution in [3.05, 3.63) is 72.5 Å². The molecule has 0 fully saturated rings. The minimum Gasteiger partial charge on any atom is -0.461 e. The Labute approximate surface area is 174 Å². The fraction of sp³-hybridized carbons (Fsp3) is 0.238. The van der Waals surface area contributed by atoms with Crippen LogP contribution in [-0.2, 0) is 13.1 Å². The van der Waals surface area contributed by atoms with Crippen LogP contribution in [0.1, 0.15) is 18.3 Å². The molecule has 0 amide bonds. The molecule has 0 spiro atoms. The van der Waals surface area contributed by atoms with Gasteiger partial charge in [-0.1, -0.05) is 18.2 Å². The van der Waals surface area contributed by atoms with Gasteiger partial charge in [-0.3, -0.25) is 5.10 Å². The zero-order valence-electron chi connectivity index (χ0n) is 17.0. The Bertz CT molecular complexity index is 1080. The molecule has 9 nitrogen and oxygen atoms in total. The minimum absolute atomic E-state index is 0.379. The van der Waals surface area contributed by atoms with E-state index in [0.717, 1.165) is 23.8 Å². The molecule has 0 unspecified atom stereocenters. The number of rotatable bonds is 7. The van der Waals surface area contributed by atoms with Crippen LogP contribution in [0.3, 0.4) is 0 Å². The van der Waals surface area contributed by atoms with E-state index in [-0.39, 0.29) is 0 Å². The molecule has 0 radical (unpaired) electrons. The van der Waals surface area contributed by atoms with E-state index >= 15 is 0 Å². The van der Waals surface area contributed by atoms with Gasteiger partial charge in [-0.25, -0.2) is 14.7 Å². The molecule has 0 aliphatic heterocycles. The number of aliphatic imine (C=N–C) groups is 1. The Hall–Kier alpha value is -3.88. The summed E-state index contributed by atoms with van der Waals surface area (Å²) in [5.74, 6) is 2.60. The van der Waals surface area contributed by atoms with Gasteiger partial charge in [0.05, 0.1) is 18.1 Å². The molecule has 0 bridgehead atoms. The van der Waals surface area contributed by atoms with Crippen LogP contribution in [0.2, 0.25) is 0 Å². The van der Waals surface area contributed by atoms with E-state index in [1.807, 2.05) is 73.5 Å². The number of aromatic amines is 1. The zero-order chi connectivity index (χ0) is 20.8. The molecule has 0 saturated carbocycles. The summed E-state index contributed by atoms with van der Waals surface area (Å²) in [5, 5.41) is 14.9. The maximum Gasteiger partial charge on any atom is 0.216 e. The van der Waals surface area contributed by atoms with E-state index < -0.39 is 0 Å². The highest BCUT2D eigenvalue weighted by molar-refractivity contribution is 5.79. The second kappa shape index (κ2) is 9.08. The number of nitrogens with zero attached hydrogens (tertiary/aromatic N) is 6. The van der Waals surface area contributed by atoms with E-state index in [4.69, 9.17) is 4.42 Å². The Morgan fingerprint density at radius 2 is 2.10 bits per heavy atom. The smallest absolute Gasteiger partial charge is 0.216 e. The number of guanidine groups is 1. The molecule has 9 heteroatoms. The normalized spacial score (nSPS) is 11.6. The van der Waals surface area contributed by atoms with Gasteiger partial charge in [0.25, 0.3) is 0 Å². The molecule has 4 rings (SSSR count). The first-order valence-corrected chi connectivity index (χ1v) is 9.76. The van der Waals surface area contributed by atoms with Gasteiger partial charge in [0.1, 0.15) is 12.4 Å². The van der Waals surface area contributed by atoms with Crippen molar-refractivity contribution in [2.24, 2.45) is 4.99 Å². The average molecular weight is 404 g/mol. The topological polar surface area (TPSA) is 100 Å². The van der Waals surface area contributed by atoms with Crippen LogP contribution in [0, 0.1) is 0 Å². The maximum absolute atomic E-state index is 5.33. The van der Waals surface area contributed by atoms with Crippen molar-refractivity contribution < 1.29 is 4.42 Å². The number of furan rings is 1. The van der Waals surface area contributed by atoms with E-state index in [1.54, 1.807) is 6.26 Å². The molecule has 1 aromatic carbocycles. The van der Waals surface area contributed by atoms with Crippen molar-refractivity contribution >= 4 is 5.96 Å². The molecule has 0 aliphatic carbocycles. The third-order valence-corrected chi connectivity index (χ3v) is 4.42. The van der Waals surface area contributed by atoms with E-state index in [0.29, 0.717) is 30.5 Å². The van der Waals surface area contributed by atoms with E-state index in [1.165, 1.54) is 0 Å². The lowest BCUT2D eigenvalue weighted by atomic mass is 10.3. The number of benzene rings is 1. The van der Waals surface area contributed by atoms with Crippen molar-refractivity contribution in [1.29, 1.82) is 0 Å². The monoisotopic (exact) mass is 404 g/mol. The lowest BCUT2D eigenvalue weighted by molar-refractivity contribution is 0.476. The number of hydrogen-bond acceptors (Lipinski definition) is 5. The summed E-state index contributed by atoms with van der Waals surface area (Å²) in [6.07, 6.45) is 5.50. The van der Waals surface area contributed by atoms with Crippen molar-refractivity contribution in [3.63, 3.8) is 0 Å².